The van der Waals surface area contributed by atoms with Crippen molar-refractivity contribution in [3.63, 3.8) is 0 Å². The predicted octanol–water partition coefficient (Wildman–Crippen LogP) is 5.37. The van der Waals surface area contributed by atoms with Crippen LogP contribution in [0.25, 0.3) is 0 Å². The van der Waals surface area contributed by atoms with E-state index in [1.54, 1.807) is 36.5 Å². The summed E-state index contributed by atoms with van der Waals surface area (Å²) in [4.78, 5) is 0. The zero-order valence-corrected chi connectivity index (χ0v) is 17.0. The largest absolute Gasteiger partial charge is 0.493 e. The zero-order valence-electron chi connectivity index (χ0n) is 13.9. The molecule has 0 aliphatic rings. The number of ether oxygens (including phenoxy) is 2. The van der Waals surface area contributed by atoms with E-state index in [1.807, 2.05) is 0 Å². The number of aromatic nitrogens is 3. The third kappa shape index (κ3) is 4.81. The molecule has 6 nitrogen and oxygen atoms in total. The lowest BCUT2D eigenvalue weighted by molar-refractivity contribution is 0.285. The Hall–Kier alpha value is -2.06. The number of halogens is 3. The average Bonchev–Trinajstić information content (AvgIpc) is 3.05. The monoisotopic (exact) mass is 442 g/mol. The Labute approximate surface area is 175 Å². The molecule has 0 bridgehead atoms. The molecule has 0 radical (unpaired) electrons. The average molecular weight is 444 g/mol. The number of hydrogen-bond donors (Lipinski definition) is 1. The van der Waals surface area contributed by atoms with Crippen LogP contribution in [0.5, 0.6) is 11.5 Å². The van der Waals surface area contributed by atoms with Crippen LogP contribution in [0.15, 0.2) is 41.8 Å². The summed E-state index contributed by atoms with van der Waals surface area (Å²) in [6, 6.07) is 8.64. The van der Waals surface area contributed by atoms with Gasteiger partial charge in [0.25, 0.3) is 0 Å². The fourth-order valence-corrected chi connectivity index (χ4v) is 3.08. The van der Waals surface area contributed by atoms with Gasteiger partial charge >= 0.3 is 0 Å². The lowest BCUT2D eigenvalue weighted by atomic mass is 10.2. The van der Waals surface area contributed by atoms with Gasteiger partial charge in [-0.2, -0.15) is 14.9 Å². The molecule has 0 spiro atoms. The van der Waals surface area contributed by atoms with Gasteiger partial charge in [-0.1, -0.05) is 40.9 Å². The van der Waals surface area contributed by atoms with Crippen molar-refractivity contribution in [1.29, 1.82) is 0 Å². The summed E-state index contributed by atoms with van der Waals surface area (Å²) in [7, 11) is 1.53. The highest BCUT2D eigenvalue weighted by atomic mass is 35.5. The third-order valence-corrected chi connectivity index (χ3v) is 4.65. The molecule has 0 amide bonds. The SMILES string of the molecule is COc1cc(/C=N\n2cn[nH]c2=S)cc(Cl)c1OCc1ccc(Cl)cc1Cl. The van der Waals surface area contributed by atoms with Crippen LogP contribution in [0.1, 0.15) is 11.1 Å². The molecule has 0 aliphatic heterocycles. The van der Waals surface area contributed by atoms with Crippen LogP contribution in [-0.2, 0) is 6.61 Å². The lowest BCUT2D eigenvalue weighted by Gasteiger charge is -2.14. The summed E-state index contributed by atoms with van der Waals surface area (Å²) < 4.78 is 13.0. The molecule has 1 N–H and O–H groups in total. The molecule has 1 aromatic heterocycles. The number of nitrogens with zero attached hydrogens (tertiary/aromatic N) is 3. The van der Waals surface area contributed by atoms with Gasteiger partial charge in [-0.05, 0) is 42.0 Å². The lowest BCUT2D eigenvalue weighted by Crippen LogP contribution is -2.00. The number of benzene rings is 2. The van der Waals surface area contributed by atoms with Gasteiger partial charge in [-0.15, -0.1) is 0 Å². The molecule has 1 heterocycles. The molecule has 10 heteroatoms. The van der Waals surface area contributed by atoms with E-state index >= 15 is 0 Å². The van der Waals surface area contributed by atoms with Crippen LogP contribution in [0.3, 0.4) is 0 Å². The molecular formula is C17H13Cl3N4O2S. The molecule has 3 aromatic rings. The van der Waals surface area contributed by atoms with E-state index < -0.39 is 0 Å². The summed E-state index contributed by atoms with van der Waals surface area (Å²) in [6.07, 6.45) is 3.05. The van der Waals surface area contributed by atoms with Gasteiger partial charge in [0.2, 0.25) is 4.77 Å². The van der Waals surface area contributed by atoms with Crippen molar-refractivity contribution < 1.29 is 9.47 Å². The van der Waals surface area contributed by atoms with Crippen molar-refractivity contribution >= 4 is 53.2 Å². The van der Waals surface area contributed by atoms with Gasteiger partial charge in [0.15, 0.2) is 11.5 Å². The number of hydrogen-bond acceptors (Lipinski definition) is 5. The normalized spacial score (nSPS) is 11.1. The zero-order chi connectivity index (χ0) is 19.4. The molecule has 2 aromatic carbocycles. The third-order valence-electron chi connectivity index (χ3n) is 3.51. The fraction of sp³-hybridized carbons (Fsp3) is 0.118. The Morgan fingerprint density at radius 3 is 2.70 bits per heavy atom. The van der Waals surface area contributed by atoms with Gasteiger partial charge in [-0.25, -0.2) is 0 Å². The Kier molecular flexibility index (Phi) is 6.38. The van der Waals surface area contributed by atoms with Gasteiger partial charge in [0.1, 0.15) is 12.9 Å². The van der Waals surface area contributed by atoms with E-state index in [0.717, 1.165) is 5.56 Å². The summed E-state index contributed by atoms with van der Waals surface area (Å²) in [5, 5.41) is 12.1. The second-order valence-electron chi connectivity index (χ2n) is 5.31. The van der Waals surface area contributed by atoms with Crippen molar-refractivity contribution in [2.24, 2.45) is 5.10 Å². The van der Waals surface area contributed by atoms with Crippen molar-refractivity contribution in [3.8, 4) is 11.5 Å². The van der Waals surface area contributed by atoms with Crippen LogP contribution in [0, 0.1) is 4.77 Å². The number of H-pyrrole nitrogens is 1. The van der Waals surface area contributed by atoms with Crippen molar-refractivity contribution in [3.05, 3.63) is 67.6 Å². The number of nitrogens with one attached hydrogen (secondary N) is 1. The van der Waals surface area contributed by atoms with Gasteiger partial charge < -0.3 is 9.47 Å². The summed E-state index contributed by atoms with van der Waals surface area (Å²) >= 11 is 23.5. The molecule has 0 aliphatic carbocycles. The first-order chi connectivity index (χ1) is 13.0. The Morgan fingerprint density at radius 1 is 1.22 bits per heavy atom. The predicted molar refractivity (Wildman–Crippen MR) is 109 cm³/mol. The topological polar surface area (TPSA) is 64.4 Å². The van der Waals surface area contributed by atoms with Crippen molar-refractivity contribution in [2.45, 2.75) is 6.61 Å². The first-order valence-electron chi connectivity index (χ1n) is 7.58. The van der Waals surface area contributed by atoms with Crippen LogP contribution in [0.2, 0.25) is 15.1 Å². The van der Waals surface area contributed by atoms with E-state index in [1.165, 1.54) is 18.1 Å². The minimum Gasteiger partial charge on any atom is -0.493 e. The second-order valence-corrected chi connectivity index (χ2v) is 6.95. The van der Waals surface area contributed by atoms with E-state index in [-0.39, 0.29) is 6.61 Å². The second kappa shape index (κ2) is 8.75. The molecule has 140 valence electrons. The summed E-state index contributed by atoms with van der Waals surface area (Å²) in [6.45, 7) is 0.212. The quantitative estimate of drug-likeness (QED) is 0.411. The van der Waals surface area contributed by atoms with Crippen LogP contribution in [0.4, 0.5) is 0 Å². The fourth-order valence-electron chi connectivity index (χ4n) is 2.20. The molecular weight excluding hydrogens is 431 g/mol. The molecule has 0 saturated carbocycles. The minimum absolute atomic E-state index is 0.212. The van der Waals surface area contributed by atoms with Crippen LogP contribution < -0.4 is 9.47 Å². The maximum Gasteiger partial charge on any atom is 0.216 e. The molecule has 0 saturated heterocycles. The molecule has 27 heavy (non-hydrogen) atoms. The minimum atomic E-state index is 0.212. The van der Waals surface area contributed by atoms with E-state index in [9.17, 15) is 0 Å². The molecule has 0 fully saturated rings. The Morgan fingerprint density at radius 2 is 2.04 bits per heavy atom. The number of methoxy groups -OCH3 is 1. The highest BCUT2D eigenvalue weighted by Gasteiger charge is 2.13. The van der Waals surface area contributed by atoms with E-state index in [2.05, 4.69) is 15.3 Å². The van der Waals surface area contributed by atoms with Crippen LogP contribution >= 0.6 is 47.0 Å². The maximum absolute atomic E-state index is 6.37. The van der Waals surface area contributed by atoms with Gasteiger partial charge in [0.05, 0.1) is 18.3 Å². The van der Waals surface area contributed by atoms with Crippen molar-refractivity contribution in [2.75, 3.05) is 7.11 Å². The smallest absolute Gasteiger partial charge is 0.216 e. The van der Waals surface area contributed by atoms with Crippen molar-refractivity contribution in [1.82, 2.24) is 14.9 Å². The number of rotatable bonds is 6. The van der Waals surface area contributed by atoms with Crippen LogP contribution in [-0.4, -0.2) is 28.2 Å². The highest BCUT2D eigenvalue weighted by Crippen LogP contribution is 2.37. The number of aromatic amines is 1. The van der Waals surface area contributed by atoms with Gasteiger partial charge in [-0.3, -0.25) is 5.10 Å². The summed E-state index contributed by atoms with van der Waals surface area (Å²) in [5.74, 6) is 0.868. The highest BCUT2D eigenvalue weighted by molar-refractivity contribution is 7.71. The van der Waals surface area contributed by atoms with Gasteiger partial charge in [0, 0.05) is 15.6 Å². The molecule has 0 atom stereocenters. The summed E-state index contributed by atoms with van der Waals surface area (Å²) in [5.41, 5.74) is 1.48. The first-order valence-corrected chi connectivity index (χ1v) is 9.13. The Bertz CT molecular complexity index is 1050. The van der Waals surface area contributed by atoms with E-state index in [4.69, 9.17) is 56.5 Å². The maximum atomic E-state index is 6.37. The van der Waals surface area contributed by atoms with E-state index in [0.29, 0.717) is 36.9 Å². The molecule has 0 unspecified atom stereocenters. The standard InChI is InChI=1S/C17H13Cl3N4O2S/c1-25-15-5-10(7-22-24-9-21-23-17(24)27)4-14(20)16(15)26-8-11-2-3-12(18)6-13(11)19/h2-7,9H,8H2,1H3,(H,23,27)/b22-7-. The molecule has 3 rings (SSSR count). The Balaban J connectivity index is 1.82. The first kappa shape index (κ1) is 19.7.